The van der Waals surface area contributed by atoms with E-state index in [1.54, 1.807) is 18.2 Å². The second-order valence-corrected chi connectivity index (χ2v) is 7.32. The second kappa shape index (κ2) is 8.48. The topological polar surface area (TPSA) is 66.0 Å². The molecule has 0 bridgehead atoms. The molecule has 0 radical (unpaired) electrons. The largest absolute Gasteiger partial charge is 0.483 e. The third-order valence-corrected chi connectivity index (χ3v) is 5.39. The first-order valence-corrected chi connectivity index (χ1v) is 10.0. The molecule has 6 nitrogen and oxygen atoms in total. The van der Waals surface area contributed by atoms with Gasteiger partial charge in [0.1, 0.15) is 12.4 Å². The maximum atomic E-state index is 13.9. The lowest BCUT2D eigenvalue weighted by Gasteiger charge is -2.11. The first kappa shape index (κ1) is 19.2. The van der Waals surface area contributed by atoms with Crippen molar-refractivity contribution >= 4 is 11.8 Å². The molecule has 2 aromatic heterocycles. The van der Waals surface area contributed by atoms with Crippen LogP contribution in [0.3, 0.4) is 0 Å². The van der Waals surface area contributed by atoms with Gasteiger partial charge in [-0.2, -0.15) is 0 Å². The van der Waals surface area contributed by atoms with E-state index >= 15 is 0 Å². The zero-order valence-electron chi connectivity index (χ0n) is 16.0. The lowest BCUT2D eigenvalue weighted by atomic mass is 10.2. The first-order valence-electron chi connectivity index (χ1n) is 9.05. The molecule has 4 rings (SSSR count). The summed E-state index contributed by atoms with van der Waals surface area (Å²) in [6, 6.07) is 16.1. The Kier molecular flexibility index (Phi) is 5.62. The van der Waals surface area contributed by atoms with Crippen molar-refractivity contribution < 1.29 is 13.7 Å². The number of halogens is 1. The smallest absolute Gasteiger partial charge is 0.196 e. The molecule has 0 amide bonds. The van der Waals surface area contributed by atoms with Crippen LogP contribution in [0.2, 0.25) is 0 Å². The van der Waals surface area contributed by atoms with Crippen LogP contribution in [0.4, 0.5) is 4.39 Å². The lowest BCUT2D eigenvalue weighted by Crippen LogP contribution is -2.07. The highest BCUT2D eigenvalue weighted by atomic mass is 32.2. The SMILES string of the molecule is Cc1noc(C)c1CSc1nnc(COc2ccccc2F)n1-c1ccccc1. The van der Waals surface area contributed by atoms with Gasteiger partial charge in [-0.1, -0.05) is 47.3 Å². The van der Waals surface area contributed by atoms with Gasteiger partial charge < -0.3 is 9.26 Å². The number of aryl methyl sites for hydroxylation is 2. The summed E-state index contributed by atoms with van der Waals surface area (Å²) in [4.78, 5) is 0. The van der Waals surface area contributed by atoms with E-state index < -0.39 is 5.82 Å². The predicted molar refractivity (Wildman–Crippen MR) is 108 cm³/mol. The van der Waals surface area contributed by atoms with Gasteiger partial charge in [0, 0.05) is 17.0 Å². The molecule has 0 unspecified atom stereocenters. The molecule has 2 aromatic carbocycles. The maximum Gasteiger partial charge on any atom is 0.196 e. The van der Waals surface area contributed by atoms with Crippen molar-refractivity contribution in [3.05, 3.63) is 83.3 Å². The van der Waals surface area contributed by atoms with E-state index in [0.717, 1.165) is 22.7 Å². The summed E-state index contributed by atoms with van der Waals surface area (Å²) >= 11 is 1.53. The molecular weight excluding hydrogens is 391 g/mol. The molecule has 29 heavy (non-hydrogen) atoms. The highest BCUT2D eigenvalue weighted by molar-refractivity contribution is 7.98. The molecule has 148 valence electrons. The normalized spacial score (nSPS) is 11.0. The number of para-hydroxylation sites is 2. The van der Waals surface area contributed by atoms with Crippen LogP contribution >= 0.6 is 11.8 Å². The Labute approximate surface area is 171 Å². The van der Waals surface area contributed by atoms with Gasteiger partial charge in [0.25, 0.3) is 0 Å². The molecule has 2 heterocycles. The fraction of sp³-hybridized carbons (Fsp3) is 0.190. The summed E-state index contributed by atoms with van der Waals surface area (Å²) < 4.78 is 26.7. The van der Waals surface area contributed by atoms with Gasteiger partial charge in [0.05, 0.1) is 5.69 Å². The quantitative estimate of drug-likeness (QED) is 0.405. The Hall–Kier alpha value is -3.13. The number of rotatable bonds is 7. The summed E-state index contributed by atoms with van der Waals surface area (Å²) in [5.41, 5.74) is 2.82. The summed E-state index contributed by atoms with van der Waals surface area (Å²) in [5, 5.41) is 13.3. The van der Waals surface area contributed by atoms with Gasteiger partial charge in [-0.25, -0.2) is 4.39 Å². The summed E-state index contributed by atoms with van der Waals surface area (Å²) in [6.45, 7) is 3.90. The van der Waals surface area contributed by atoms with Crippen molar-refractivity contribution in [2.45, 2.75) is 31.4 Å². The van der Waals surface area contributed by atoms with Gasteiger partial charge in [-0.3, -0.25) is 4.57 Å². The van der Waals surface area contributed by atoms with Gasteiger partial charge in [-0.15, -0.1) is 10.2 Å². The Morgan fingerprint density at radius 2 is 1.79 bits per heavy atom. The Bertz CT molecular complexity index is 1090. The number of thioether (sulfide) groups is 1. The van der Waals surface area contributed by atoms with E-state index in [1.807, 2.05) is 48.7 Å². The van der Waals surface area contributed by atoms with Crippen LogP contribution in [0.15, 0.2) is 64.3 Å². The Morgan fingerprint density at radius 1 is 1.03 bits per heavy atom. The van der Waals surface area contributed by atoms with Crippen molar-refractivity contribution in [2.24, 2.45) is 0 Å². The zero-order chi connectivity index (χ0) is 20.2. The number of hydrogen-bond acceptors (Lipinski definition) is 6. The van der Waals surface area contributed by atoms with Gasteiger partial charge in [0.2, 0.25) is 0 Å². The lowest BCUT2D eigenvalue weighted by molar-refractivity contribution is 0.278. The molecule has 0 aliphatic heterocycles. The third kappa shape index (κ3) is 4.17. The highest BCUT2D eigenvalue weighted by Crippen LogP contribution is 2.28. The summed E-state index contributed by atoms with van der Waals surface area (Å²) in [7, 11) is 0. The average molecular weight is 410 g/mol. The molecule has 0 spiro atoms. The minimum absolute atomic E-state index is 0.0920. The van der Waals surface area contributed by atoms with Crippen molar-refractivity contribution in [3.8, 4) is 11.4 Å². The monoisotopic (exact) mass is 410 g/mol. The van der Waals surface area contributed by atoms with E-state index in [-0.39, 0.29) is 12.4 Å². The number of benzene rings is 2. The number of hydrogen-bond donors (Lipinski definition) is 0. The van der Waals surface area contributed by atoms with E-state index in [2.05, 4.69) is 15.4 Å². The van der Waals surface area contributed by atoms with E-state index in [4.69, 9.17) is 9.26 Å². The molecule has 0 saturated carbocycles. The predicted octanol–water partition coefficient (Wildman–Crippen LogP) is 4.88. The summed E-state index contributed by atoms with van der Waals surface area (Å²) in [5.74, 6) is 1.80. The van der Waals surface area contributed by atoms with Crippen LogP contribution < -0.4 is 4.74 Å². The minimum atomic E-state index is -0.411. The van der Waals surface area contributed by atoms with Crippen LogP contribution in [-0.4, -0.2) is 19.9 Å². The number of aromatic nitrogens is 4. The van der Waals surface area contributed by atoms with Gasteiger partial charge >= 0.3 is 0 Å². The van der Waals surface area contributed by atoms with Crippen LogP contribution in [0.25, 0.3) is 5.69 Å². The third-order valence-electron chi connectivity index (χ3n) is 4.44. The molecule has 8 heteroatoms. The standard InChI is InChI=1S/C21H19FN4O2S/c1-14-17(15(2)28-25-14)13-29-21-24-23-20(26(21)16-8-4-3-5-9-16)12-27-19-11-7-6-10-18(19)22/h3-11H,12-13H2,1-2H3. The van der Waals surface area contributed by atoms with Crippen LogP contribution in [0, 0.1) is 19.7 Å². The molecule has 0 aliphatic carbocycles. The van der Waals surface area contributed by atoms with Crippen molar-refractivity contribution in [1.82, 2.24) is 19.9 Å². The fourth-order valence-electron chi connectivity index (χ4n) is 2.87. The maximum absolute atomic E-state index is 13.9. The fourth-order valence-corrected chi connectivity index (χ4v) is 4.00. The van der Waals surface area contributed by atoms with Crippen LogP contribution in [-0.2, 0) is 12.4 Å². The second-order valence-electron chi connectivity index (χ2n) is 6.38. The molecule has 4 aromatic rings. The molecule has 0 N–H and O–H groups in total. The molecule has 0 atom stereocenters. The van der Waals surface area contributed by atoms with Gasteiger partial charge in [-0.05, 0) is 38.1 Å². The van der Waals surface area contributed by atoms with E-state index in [1.165, 1.54) is 17.8 Å². The Balaban J connectivity index is 1.61. The van der Waals surface area contributed by atoms with Gasteiger partial charge in [0.15, 0.2) is 22.5 Å². The number of nitrogens with zero attached hydrogens (tertiary/aromatic N) is 4. The van der Waals surface area contributed by atoms with Crippen molar-refractivity contribution in [1.29, 1.82) is 0 Å². The molecular formula is C21H19FN4O2S. The molecule has 0 saturated heterocycles. The van der Waals surface area contributed by atoms with Crippen LogP contribution in [0.5, 0.6) is 5.75 Å². The summed E-state index contributed by atoms with van der Waals surface area (Å²) in [6.07, 6.45) is 0. The Morgan fingerprint density at radius 3 is 2.52 bits per heavy atom. The first-order chi connectivity index (χ1) is 14.1. The van der Waals surface area contributed by atoms with E-state index in [0.29, 0.717) is 16.7 Å². The highest BCUT2D eigenvalue weighted by Gasteiger charge is 2.17. The van der Waals surface area contributed by atoms with Crippen LogP contribution in [0.1, 0.15) is 22.8 Å². The zero-order valence-corrected chi connectivity index (χ0v) is 16.8. The average Bonchev–Trinajstić information content (AvgIpc) is 3.29. The van der Waals surface area contributed by atoms with Crippen molar-refractivity contribution in [3.63, 3.8) is 0 Å². The molecule has 0 fully saturated rings. The van der Waals surface area contributed by atoms with Crippen molar-refractivity contribution in [2.75, 3.05) is 0 Å². The minimum Gasteiger partial charge on any atom is -0.483 e. The molecule has 0 aliphatic rings. The number of ether oxygens (including phenoxy) is 1. The van der Waals surface area contributed by atoms with E-state index in [9.17, 15) is 4.39 Å².